The molecule has 30 heavy (non-hydrogen) atoms. The lowest BCUT2D eigenvalue weighted by atomic mass is 10.2. The van der Waals surface area contributed by atoms with Gasteiger partial charge < -0.3 is 10.2 Å². The molecule has 0 fully saturated rings. The van der Waals surface area contributed by atoms with E-state index >= 15 is 0 Å². The highest BCUT2D eigenvalue weighted by Crippen LogP contribution is 2.29. The van der Waals surface area contributed by atoms with Crippen LogP contribution in [0, 0.1) is 0 Å². The number of rotatable bonds is 5. The summed E-state index contributed by atoms with van der Waals surface area (Å²) in [4.78, 5) is 38.7. The van der Waals surface area contributed by atoms with E-state index in [1.54, 1.807) is 29.5 Å². The molecular weight excluding hydrogens is 424 g/mol. The van der Waals surface area contributed by atoms with Gasteiger partial charge in [-0.05, 0) is 29.6 Å². The molecule has 5 aromatic heterocycles. The third kappa shape index (κ3) is 3.15. The van der Waals surface area contributed by atoms with Crippen LogP contribution in [-0.2, 0) is 0 Å². The standard InChI is InChI=1S/C19H12N6O3S2/c20-16(26)15-17-22-10(13-3-1-5-28-13)7-12(25(17)9-21-15)18(27)24-19-23-11(8-30-19)14-4-2-6-29-14/h1-9H,(H2,20,26)(H,23,24,27). The van der Waals surface area contributed by atoms with Crippen LogP contribution in [0.2, 0.25) is 0 Å². The molecule has 2 amide bonds. The zero-order valence-electron chi connectivity index (χ0n) is 15.1. The number of primary amides is 1. The first-order chi connectivity index (χ1) is 14.6. The largest absolute Gasteiger partial charge is 0.463 e. The summed E-state index contributed by atoms with van der Waals surface area (Å²) in [5, 5.41) is 7.08. The van der Waals surface area contributed by atoms with Gasteiger partial charge in [-0.15, -0.1) is 22.7 Å². The Morgan fingerprint density at radius 3 is 2.77 bits per heavy atom. The average Bonchev–Trinajstić information content (AvgIpc) is 3.53. The maximum absolute atomic E-state index is 13.1. The second kappa shape index (κ2) is 7.21. The molecule has 0 saturated heterocycles. The van der Waals surface area contributed by atoms with Crippen molar-refractivity contribution in [1.29, 1.82) is 0 Å². The zero-order valence-corrected chi connectivity index (χ0v) is 16.7. The van der Waals surface area contributed by atoms with Crippen LogP contribution >= 0.6 is 22.7 Å². The summed E-state index contributed by atoms with van der Waals surface area (Å²) in [7, 11) is 0. The number of carbonyl (C=O) groups is 2. The molecule has 0 atom stereocenters. The van der Waals surface area contributed by atoms with Crippen LogP contribution in [0.25, 0.3) is 27.7 Å². The number of anilines is 1. The second-order valence-electron chi connectivity index (χ2n) is 6.12. The van der Waals surface area contributed by atoms with E-state index in [2.05, 4.69) is 20.3 Å². The number of hydrogen-bond donors (Lipinski definition) is 2. The van der Waals surface area contributed by atoms with Crippen molar-refractivity contribution < 1.29 is 14.0 Å². The summed E-state index contributed by atoms with van der Waals surface area (Å²) >= 11 is 2.89. The zero-order chi connectivity index (χ0) is 20.7. The molecule has 0 aliphatic rings. The average molecular weight is 436 g/mol. The monoisotopic (exact) mass is 436 g/mol. The SMILES string of the molecule is NC(=O)c1ncn2c(C(=O)Nc3nc(-c4cccs4)cs3)cc(-c3ccco3)nc12. The third-order valence-electron chi connectivity index (χ3n) is 4.24. The molecule has 148 valence electrons. The Balaban J connectivity index is 1.55. The van der Waals surface area contributed by atoms with Gasteiger partial charge in [-0.3, -0.25) is 19.3 Å². The van der Waals surface area contributed by atoms with Crippen molar-refractivity contribution in [3.05, 3.63) is 65.1 Å². The first-order valence-corrected chi connectivity index (χ1v) is 10.4. The third-order valence-corrected chi connectivity index (χ3v) is 5.89. The van der Waals surface area contributed by atoms with Gasteiger partial charge in [0.25, 0.3) is 11.8 Å². The van der Waals surface area contributed by atoms with Crippen LogP contribution in [0.15, 0.2) is 58.1 Å². The molecular formula is C19H12N6O3S2. The number of carbonyl (C=O) groups excluding carboxylic acids is 2. The Hall–Kier alpha value is -3.83. The van der Waals surface area contributed by atoms with Crippen molar-refractivity contribution >= 4 is 45.3 Å². The first-order valence-electron chi connectivity index (χ1n) is 8.62. The quantitative estimate of drug-likeness (QED) is 0.434. The fourth-order valence-corrected chi connectivity index (χ4v) is 4.37. The minimum atomic E-state index is -0.742. The summed E-state index contributed by atoms with van der Waals surface area (Å²) in [5.41, 5.74) is 6.91. The molecule has 0 saturated carbocycles. The molecule has 0 aliphatic carbocycles. The lowest BCUT2D eigenvalue weighted by Crippen LogP contribution is -2.17. The first kappa shape index (κ1) is 18.2. The maximum atomic E-state index is 13.1. The maximum Gasteiger partial charge on any atom is 0.274 e. The molecule has 0 spiro atoms. The normalized spacial score (nSPS) is 11.1. The fraction of sp³-hybridized carbons (Fsp3) is 0. The lowest BCUT2D eigenvalue weighted by molar-refractivity contribution is 0.0993. The highest BCUT2D eigenvalue weighted by Gasteiger charge is 2.21. The topological polar surface area (TPSA) is 128 Å². The van der Waals surface area contributed by atoms with Crippen LogP contribution in [-0.4, -0.2) is 31.2 Å². The summed E-state index contributed by atoms with van der Waals surface area (Å²) in [6, 6.07) is 8.87. The molecule has 0 radical (unpaired) electrons. The Labute approximate surface area is 176 Å². The number of aromatic nitrogens is 4. The Bertz CT molecular complexity index is 1370. The molecule has 5 rings (SSSR count). The van der Waals surface area contributed by atoms with Crippen LogP contribution in [0.4, 0.5) is 5.13 Å². The molecule has 5 aromatic rings. The molecule has 0 aliphatic heterocycles. The summed E-state index contributed by atoms with van der Waals surface area (Å²) in [6.45, 7) is 0. The number of furan rings is 1. The van der Waals surface area contributed by atoms with E-state index in [4.69, 9.17) is 10.2 Å². The van der Waals surface area contributed by atoms with E-state index < -0.39 is 11.8 Å². The van der Waals surface area contributed by atoms with Gasteiger partial charge in [-0.2, -0.15) is 0 Å². The number of fused-ring (bicyclic) bond motifs is 1. The highest BCUT2D eigenvalue weighted by atomic mass is 32.1. The van der Waals surface area contributed by atoms with Gasteiger partial charge in [0, 0.05) is 5.38 Å². The van der Waals surface area contributed by atoms with E-state index in [0.717, 1.165) is 10.6 Å². The smallest absolute Gasteiger partial charge is 0.274 e. The van der Waals surface area contributed by atoms with Gasteiger partial charge in [0.1, 0.15) is 17.7 Å². The van der Waals surface area contributed by atoms with Gasteiger partial charge in [0.05, 0.1) is 16.8 Å². The molecule has 0 bridgehead atoms. The molecule has 5 heterocycles. The van der Waals surface area contributed by atoms with Crippen molar-refractivity contribution in [3.63, 3.8) is 0 Å². The summed E-state index contributed by atoms with van der Waals surface area (Å²) in [6.07, 6.45) is 2.83. The number of thiophene rings is 1. The molecule has 3 N–H and O–H groups in total. The summed E-state index contributed by atoms with van der Waals surface area (Å²) < 4.78 is 6.81. The molecule has 0 unspecified atom stereocenters. The molecule has 11 heteroatoms. The van der Waals surface area contributed by atoms with Gasteiger partial charge >= 0.3 is 0 Å². The van der Waals surface area contributed by atoms with Gasteiger partial charge in [-0.25, -0.2) is 15.0 Å². The molecule has 9 nitrogen and oxygen atoms in total. The highest BCUT2D eigenvalue weighted by molar-refractivity contribution is 7.16. The lowest BCUT2D eigenvalue weighted by Gasteiger charge is -2.07. The van der Waals surface area contributed by atoms with Crippen LogP contribution in [0.3, 0.4) is 0 Å². The van der Waals surface area contributed by atoms with Gasteiger partial charge in [-0.1, -0.05) is 6.07 Å². The van der Waals surface area contributed by atoms with E-state index in [1.165, 1.54) is 28.3 Å². The summed E-state index contributed by atoms with van der Waals surface area (Å²) in [5.74, 6) is -0.735. The van der Waals surface area contributed by atoms with Crippen molar-refractivity contribution in [2.75, 3.05) is 5.32 Å². The second-order valence-corrected chi connectivity index (χ2v) is 7.93. The van der Waals surface area contributed by atoms with Crippen molar-refractivity contribution in [3.8, 4) is 22.0 Å². The molecule has 0 aromatic carbocycles. The van der Waals surface area contributed by atoms with Crippen molar-refractivity contribution in [2.45, 2.75) is 0 Å². The Morgan fingerprint density at radius 1 is 1.13 bits per heavy atom. The Kier molecular flexibility index (Phi) is 4.38. The van der Waals surface area contributed by atoms with E-state index in [0.29, 0.717) is 16.6 Å². The minimum absolute atomic E-state index is 0.0355. The van der Waals surface area contributed by atoms with Crippen LogP contribution in [0.5, 0.6) is 0 Å². The van der Waals surface area contributed by atoms with Crippen molar-refractivity contribution in [1.82, 2.24) is 19.4 Å². The number of nitrogens with one attached hydrogen (secondary N) is 1. The van der Waals surface area contributed by atoms with E-state index in [9.17, 15) is 9.59 Å². The van der Waals surface area contributed by atoms with Crippen molar-refractivity contribution in [2.24, 2.45) is 5.73 Å². The van der Waals surface area contributed by atoms with E-state index in [1.807, 2.05) is 22.9 Å². The number of imidazole rings is 1. The van der Waals surface area contributed by atoms with Crippen LogP contribution in [0.1, 0.15) is 21.0 Å². The minimum Gasteiger partial charge on any atom is -0.463 e. The van der Waals surface area contributed by atoms with Crippen LogP contribution < -0.4 is 11.1 Å². The fourth-order valence-electron chi connectivity index (χ4n) is 2.90. The number of nitrogens with two attached hydrogens (primary N) is 1. The number of amides is 2. The van der Waals surface area contributed by atoms with E-state index in [-0.39, 0.29) is 17.0 Å². The van der Waals surface area contributed by atoms with Gasteiger partial charge in [0.15, 0.2) is 22.2 Å². The number of nitrogens with zero attached hydrogens (tertiary/aromatic N) is 4. The Morgan fingerprint density at radius 2 is 2.03 bits per heavy atom. The van der Waals surface area contributed by atoms with Gasteiger partial charge in [0.2, 0.25) is 0 Å². The predicted molar refractivity (Wildman–Crippen MR) is 113 cm³/mol. The number of thiazole rings is 1. The number of hydrogen-bond acceptors (Lipinski definition) is 8. The predicted octanol–water partition coefficient (Wildman–Crippen LogP) is 3.53.